The van der Waals surface area contributed by atoms with Gasteiger partial charge in [0, 0.05) is 48.4 Å². The Balaban J connectivity index is 1.28. The molecule has 5 aromatic rings. The van der Waals surface area contributed by atoms with E-state index < -0.39 is 15.9 Å². The van der Waals surface area contributed by atoms with Crippen LogP contribution in [0.25, 0.3) is 11.1 Å². The van der Waals surface area contributed by atoms with Gasteiger partial charge in [-0.15, -0.1) is 0 Å². The van der Waals surface area contributed by atoms with Crippen molar-refractivity contribution in [3.63, 3.8) is 0 Å². The fourth-order valence-electron chi connectivity index (χ4n) is 5.62. The molecule has 0 unspecified atom stereocenters. The van der Waals surface area contributed by atoms with Crippen molar-refractivity contribution >= 4 is 27.4 Å². The highest BCUT2D eigenvalue weighted by molar-refractivity contribution is 7.85. The Labute approximate surface area is 296 Å². The molecule has 0 radical (unpaired) electrons. The summed E-state index contributed by atoms with van der Waals surface area (Å²) in [5.74, 6) is 1.81. The lowest BCUT2D eigenvalue weighted by Crippen LogP contribution is -2.29. The molecule has 10 nitrogen and oxygen atoms in total. The quantitative estimate of drug-likeness (QED) is 0.123. The number of hydrogen-bond acceptors (Lipinski definition) is 9. The number of rotatable bonds is 13. The van der Waals surface area contributed by atoms with Gasteiger partial charge in [0.2, 0.25) is 0 Å². The zero-order valence-corrected chi connectivity index (χ0v) is 28.8. The Kier molecular flexibility index (Phi) is 10.7. The van der Waals surface area contributed by atoms with E-state index in [1.54, 1.807) is 24.4 Å². The van der Waals surface area contributed by atoms with E-state index >= 15 is 0 Å². The van der Waals surface area contributed by atoms with Crippen molar-refractivity contribution in [2.45, 2.75) is 26.7 Å². The molecule has 2 heterocycles. The number of ether oxygens (including phenoxy) is 4. The van der Waals surface area contributed by atoms with Gasteiger partial charge in [-0.1, -0.05) is 54.1 Å². The minimum absolute atomic E-state index is 0.0191. The van der Waals surface area contributed by atoms with Gasteiger partial charge in [-0.2, -0.15) is 13.7 Å². The van der Waals surface area contributed by atoms with Crippen LogP contribution in [0, 0.1) is 18.3 Å². The van der Waals surface area contributed by atoms with Gasteiger partial charge in [0.1, 0.15) is 44.0 Å². The molecule has 256 valence electrons. The standard InChI is InChI=1S/C38H34ClN3O7S/c1-26-30(6-5-9-33(26)29-10-11-35-38(18-29)47-14-13-46-35)25-49-37-19-36(48-24-28-16-27(20-40)21-41-22-28)31(17-34(37)39)23-42(12-15-50(43,44)45)32-7-3-2-4-8-32/h2-11,16-19,21-22H,12-15,23-25H2,1H3,(H,43,44,45). The minimum Gasteiger partial charge on any atom is -0.488 e. The number of halogens is 1. The molecule has 1 aromatic heterocycles. The van der Waals surface area contributed by atoms with E-state index in [-0.39, 0.29) is 26.3 Å². The smallest absolute Gasteiger partial charge is 0.266 e. The van der Waals surface area contributed by atoms with Gasteiger partial charge in [-0.3, -0.25) is 9.54 Å². The lowest BCUT2D eigenvalue weighted by molar-refractivity contribution is 0.171. The highest BCUT2D eigenvalue weighted by Gasteiger charge is 2.19. The van der Waals surface area contributed by atoms with E-state index in [0.29, 0.717) is 52.2 Å². The van der Waals surface area contributed by atoms with Gasteiger partial charge < -0.3 is 23.8 Å². The number of nitrogens with zero attached hydrogens (tertiary/aromatic N) is 3. The summed E-state index contributed by atoms with van der Waals surface area (Å²) >= 11 is 6.83. The zero-order chi connectivity index (χ0) is 35.1. The molecular formula is C38H34ClN3O7S. The van der Waals surface area contributed by atoms with Gasteiger partial charge in [-0.25, -0.2) is 0 Å². The lowest BCUT2D eigenvalue weighted by Gasteiger charge is -2.26. The third-order valence-electron chi connectivity index (χ3n) is 8.22. The molecule has 1 aliphatic rings. The first-order valence-electron chi connectivity index (χ1n) is 15.8. The average molecular weight is 712 g/mol. The van der Waals surface area contributed by atoms with Crippen molar-refractivity contribution in [3.8, 4) is 40.2 Å². The van der Waals surface area contributed by atoms with E-state index in [2.05, 4.69) is 17.1 Å². The number of anilines is 1. The molecule has 0 saturated heterocycles. The van der Waals surface area contributed by atoms with E-state index in [9.17, 15) is 18.2 Å². The first kappa shape index (κ1) is 34.6. The molecule has 1 N–H and O–H groups in total. The van der Waals surface area contributed by atoms with Crippen LogP contribution < -0.4 is 23.8 Å². The van der Waals surface area contributed by atoms with Crippen LogP contribution in [-0.4, -0.2) is 43.5 Å². The molecule has 6 rings (SSSR count). The summed E-state index contributed by atoms with van der Waals surface area (Å²) in [6.45, 7) is 3.63. The fraction of sp³-hybridized carbons (Fsp3) is 0.211. The molecular weight excluding hydrogens is 678 g/mol. The fourth-order valence-corrected chi connectivity index (χ4v) is 6.31. The average Bonchev–Trinajstić information content (AvgIpc) is 3.12. The summed E-state index contributed by atoms with van der Waals surface area (Å²) in [7, 11) is -4.22. The summed E-state index contributed by atoms with van der Waals surface area (Å²) in [4.78, 5) is 5.95. The normalized spacial score (nSPS) is 12.2. The van der Waals surface area contributed by atoms with Crippen LogP contribution in [0.15, 0.2) is 97.3 Å². The molecule has 0 saturated carbocycles. The first-order chi connectivity index (χ1) is 24.2. The largest absolute Gasteiger partial charge is 0.488 e. The molecule has 0 fully saturated rings. The highest BCUT2D eigenvalue weighted by atomic mass is 35.5. The maximum Gasteiger partial charge on any atom is 0.266 e. The topological polar surface area (TPSA) is 131 Å². The maximum atomic E-state index is 11.7. The second-order valence-electron chi connectivity index (χ2n) is 11.7. The predicted molar refractivity (Wildman–Crippen MR) is 191 cm³/mol. The van der Waals surface area contributed by atoms with Crippen LogP contribution in [-0.2, 0) is 29.9 Å². The van der Waals surface area contributed by atoms with Crippen LogP contribution >= 0.6 is 11.6 Å². The van der Waals surface area contributed by atoms with Crippen molar-refractivity contribution in [1.82, 2.24) is 4.98 Å². The minimum atomic E-state index is -4.22. The van der Waals surface area contributed by atoms with Gasteiger partial charge >= 0.3 is 0 Å². The van der Waals surface area contributed by atoms with Gasteiger partial charge in [0.25, 0.3) is 10.1 Å². The van der Waals surface area contributed by atoms with E-state index in [1.165, 1.54) is 6.20 Å². The molecule has 0 atom stereocenters. The van der Waals surface area contributed by atoms with Crippen LogP contribution in [0.5, 0.6) is 23.0 Å². The van der Waals surface area contributed by atoms with Crippen LogP contribution in [0.2, 0.25) is 5.02 Å². The summed E-state index contributed by atoms with van der Waals surface area (Å²) in [6.07, 6.45) is 3.09. The molecule has 4 aromatic carbocycles. The lowest BCUT2D eigenvalue weighted by atomic mass is 9.96. The highest BCUT2D eigenvalue weighted by Crippen LogP contribution is 2.38. The number of hydrogen-bond donors (Lipinski definition) is 1. The number of para-hydroxylation sites is 1. The Morgan fingerprint density at radius 3 is 2.46 bits per heavy atom. The van der Waals surface area contributed by atoms with E-state index in [1.807, 2.05) is 72.5 Å². The molecule has 1 aliphatic heterocycles. The van der Waals surface area contributed by atoms with Crippen molar-refractivity contribution in [1.29, 1.82) is 5.26 Å². The van der Waals surface area contributed by atoms with Crippen LogP contribution in [0.3, 0.4) is 0 Å². The van der Waals surface area contributed by atoms with Gasteiger partial charge in [-0.05, 0) is 65.6 Å². The summed E-state index contributed by atoms with van der Waals surface area (Å²) in [5.41, 5.74) is 6.52. The number of benzene rings is 4. The second kappa shape index (κ2) is 15.5. The number of pyridine rings is 1. The number of nitriles is 1. The van der Waals surface area contributed by atoms with Gasteiger partial charge in [0.15, 0.2) is 11.5 Å². The third-order valence-corrected chi connectivity index (χ3v) is 9.21. The molecule has 12 heteroatoms. The molecule has 0 bridgehead atoms. The Morgan fingerprint density at radius 1 is 0.900 bits per heavy atom. The van der Waals surface area contributed by atoms with E-state index in [4.69, 9.17) is 30.5 Å². The van der Waals surface area contributed by atoms with Crippen molar-refractivity contribution in [3.05, 3.63) is 130 Å². The SMILES string of the molecule is Cc1c(COc2cc(OCc3cncc(C#N)c3)c(CN(CCS(=O)(=O)O)c3ccccc3)cc2Cl)cccc1-c1ccc2c(c1)OCCO2. The molecule has 50 heavy (non-hydrogen) atoms. The molecule has 0 amide bonds. The van der Waals surface area contributed by atoms with Crippen molar-refractivity contribution in [2.75, 3.05) is 30.4 Å². The van der Waals surface area contributed by atoms with Crippen molar-refractivity contribution in [2.24, 2.45) is 0 Å². The Bertz CT molecular complexity index is 2140. The second-order valence-corrected chi connectivity index (χ2v) is 13.6. The Hall–Kier alpha value is -5.28. The number of aromatic nitrogens is 1. The zero-order valence-electron chi connectivity index (χ0n) is 27.2. The van der Waals surface area contributed by atoms with Gasteiger partial charge in [0.05, 0.1) is 16.3 Å². The summed E-state index contributed by atoms with van der Waals surface area (Å²) in [5, 5.41) is 9.67. The summed E-state index contributed by atoms with van der Waals surface area (Å²) in [6, 6.07) is 28.4. The van der Waals surface area contributed by atoms with Crippen LogP contribution in [0.1, 0.15) is 27.8 Å². The first-order valence-corrected chi connectivity index (χ1v) is 17.8. The third kappa shape index (κ3) is 8.65. The van der Waals surface area contributed by atoms with Crippen molar-refractivity contribution < 1.29 is 31.9 Å². The van der Waals surface area contributed by atoms with E-state index in [0.717, 1.165) is 33.7 Å². The maximum absolute atomic E-state index is 11.7. The summed E-state index contributed by atoms with van der Waals surface area (Å²) < 4.78 is 57.0. The number of fused-ring (bicyclic) bond motifs is 1. The monoisotopic (exact) mass is 711 g/mol. The predicted octanol–water partition coefficient (Wildman–Crippen LogP) is 7.41. The Morgan fingerprint density at radius 2 is 1.68 bits per heavy atom. The molecule has 0 spiro atoms. The molecule has 0 aliphatic carbocycles. The van der Waals surface area contributed by atoms with Crippen LogP contribution in [0.4, 0.5) is 5.69 Å².